The second kappa shape index (κ2) is 4.81. The van der Waals surface area contributed by atoms with Gasteiger partial charge in [-0.3, -0.25) is 0 Å². The highest BCUT2D eigenvalue weighted by atomic mass is 16.4. The van der Waals surface area contributed by atoms with E-state index in [1.807, 2.05) is 41.7 Å². The van der Waals surface area contributed by atoms with Crippen LogP contribution in [-0.2, 0) is 6.42 Å². The van der Waals surface area contributed by atoms with Gasteiger partial charge in [0.05, 0.1) is 17.3 Å². The zero-order valence-electron chi connectivity index (χ0n) is 11.1. The summed E-state index contributed by atoms with van der Waals surface area (Å²) >= 11 is 0. The van der Waals surface area contributed by atoms with E-state index in [4.69, 9.17) is 0 Å². The number of hydrogen-bond donors (Lipinski definition) is 1. The third-order valence-corrected chi connectivity index (χ3v) is 3.46. The summed E-state index contributed by atoms with van der Waals surface area (Å²) in [5, 5.41) is 9.38. The number of benzene rings is 1. The maximum absolute atomic E-state index is 11.4. The number of carbonyl (C=O) groups is 1. The summed E-state index contributed by atoms with van der Waals surface area (Å²) in [6.07, 6.45) is 4.08. The molecule has 0 aliphatic heterocycles. The molecule has 20 heavy (non-hydrogen) atoms. The summed E-state index contributed by atoms with van der Waals surface area (Å²) in [5.74, 6) is -0.0523. The lowest BCUT2D eigenvalue weighted by Crippen LogP contribution is -2.06. The van der Waals surface area contributed by atoms with Crippen LogP contribution in [0.1, 0.15) is 27.3 Å². The molecule has 1 N–H and O–H groups in total. The molecule has 0 aliphatic rings. The van der Waals surface area contributed by atoms with E-state index in [1.165, 1.54) is 0 Å². The van der Waals surface area contributed by atoms with Crippen LogP contribution in [0.4, 0.5) is 0 Å². The van der Waals surface area contributed by atoms with Crippen LogP contribution in [0, 0.1) is 6.92 Å². The normalized spacial score (nSPS) is 10.8. The van der Waals surface area contributed by atoms with Gasteiger partial charge >= 0.3 is 5.97 Å². The Labute approximate surface area is 116 Å². The van der Waals surface area contributed by atoms with Crippen LogP contribution >= 0.6 is 0 Å². The monoisotopic (exact) mass is 266 g/mol. The Bertz CT molecular complexity index is 776. The fourth-order valence-electron chi connectivity index (χ4n) is 2.44. The number of hydrogen-bond acceptors (Lipinski definition) is 2. The van der Waals surface area contributed by atoms with Crippen molar-refractivity contribution in [1.29, 1.82) is 0 Å². The molecule has 0 atom stereocenters. The molecule has 4 heteroatoms. The van der Waals surface area contributed by atoms with E-state index in [2.05, 4.69) is 4.98 Å². The van der Waals surface area contributed by atoms with Crippen molar-refractivity contribution in [3.05, 3.63) is 71.3 Å². The molecule has 1 aromatic carbocycles. The van der Waals surface area contributed by atoms with Gasteiger partial charge in [-0.25, -0.2) is 9.78 Å². The fourth-order valence-corrected chi connectivity index (χ4v) is 2.44. The number of aromatic nitrogens is 2. The quantitative estimate of drug-likeness (QED) is 0.793. The molecule has 0 saturated heterocycles. The maximum atomic E-state index is 11.4. The Balaban J connectivity index is 2.20. The van der Waals surface area contributed by atoms with Gasteiger partial charge in [-0.05, 0) is 24.1 Å². The van der Waals surface area contributed by atoms with Gasteiger partial charge in [-0.15, -0.1) is 0 Å². The van der Waals surface area contributed by atoms with Gasteiger partial charge in [0.2, 0.25) is 0 Å². The van der Waals surface area contributed by atoms with Gasteiger partial charge in [0.25, 0.3) is 0 Å². The summed E-state index contributed by atoms with van der Waals surface area (Å²) in [4.78, 5) is 15.7. The van der Waals surface area contributed by atoms with Crippen LogP contribution in [0.15, 0.2) is 48.8 Å². The Hall–Kier alpha value is -2.62. The van der Waals surface area contributed by atoms with Crippen molar-refractivity contribution in [2.24, 2.45) is 0 Å². The van der Waals surface area contributed by atoms with Gasteiger partial charge in [0.15, 0.2) is 0 Å². The minimum Gasteiger partial charge on any atom is -0.478 e. The molecule has 0 spiro atoms. The molecule has 4 nitrogen and oxygen atoms in total. The predicted octanol–water partition coefficient (Wildman–Crippen LogP) is 2.93. The van der Waals surface area contributed by atoms with Gasteiger partial charge in [-0.1, -0.05) is 30.3 Å². The third kappa shape index (κ3) is 2.05. The highest BCUT2D eigenvalue weighted by Gasteiger charge is 2.15. The van der Waals surface area contributed by atoms with Gasteiger partial charge in [0, 0.05) is 12.6 Å². The highest BCUT2D eigenvalue weighted by molar-refractivity contribution is 5.91. The van der Waals surface area contributed by atoms with Gasteiger partial charge < -0.3 is 9.51 Å². The molecule has 3 rings (SSSR count). The van der Waals surface area contributed by atoms with Crippen molar-refractivity contribution in [2.45, 2.75) is 13.3 Å². The SMILES string of the molecule is Cc1ncc2c(Cc3ccccc3)c(C(=O)O)ccn12. The first kappa shape index (κ1) is 12.4. The molecular weight excluding hydrogens is 252 g/mol. The van der Waals surface area contributed by atoms with Crippen LogP contribution in [0.2, 0.25) is 0 Å². The van der Waals surface area contributed by atoms with E-state index < -0.39 is 5.97 Å². The molecule has 2 aromatic heterocycles. The zero-order chi connectivity index (χ0) is 14.1. The fraction of sp³-hybridized carbons (Fsp3) is 0.125. The summed E-state index contributed by atoms with van der Waals surface area (Å²) in [5.41, 5.74) is 3.07. The number of nitrogens with zero attached hydrogens (tertiary/aromatic N) is 2. The molecule has 0 radical (unpaired) electrons. The summed E-state index contributed by atoms with van der Waals surface area (Å²) in [6.45, 7) is 1.90. The molecule has 0 fully saturated rings. The zero-order valence-corrected chi connectivity index (χ0v) is 11.1. The van der Waals surface area contributed by atoms with Crippen LogP contribution < -0.4 is 0 Å². The average Bonchev–Trinajstić information content (AvgIpc) is 2.82. The number of pyridine rings is 1. The van der Waals surface area contributed by atoms with Crippen molar-refractivity contribution in [2.75, 3.05) is 0 Å². The summed E-state index contributed by atoms with van der Waals surface area (Å²) in [6, 6.07) is 11.5. The van der Waals surface area contributed by atoms with Crippen LogP contribution in [-0.4, -0.2) is 20.5 Å². The number of carboxylic acid groups (broad SMARTS) is 1. The minimum absolute atomic E-state index is 0.334. The van der Waals surface area contributed by atoms with Crippen LogP contribution in [0.3, 0.4) is 0 Å². The number of rotatable bonds is 3. The Kier molecular flexibility index (Phi) is 2.99. The van der Waals surface area contributed by atoms with E-state index >= 15 is 0 Å². The second-order valence-corrected chi connectivity index (χ2v) is 4.74. The first-order valence-electron chi connectivity index (χ1n) is 6.39. The summed E-state index contributed by atoms with van der Waals surface area (Å²) in [7, 11) is 0. The maximum Gasteiger partial charge on any atom is 0.336 e. The Morgan fingerprint density at radius 2 is 2.00 bits per heavy atom. The van der Waals surface area contributed by atoms with E-state index in [9.17, 15) is 9.90 Å². The highest BCUT2D eigenvalue weighted by Crippen LogP contribution is 2.21. The van der Waals surface area contributed by atoms with Crippen molar-refractivity contribution < 1.29 is 9.90 Å². The molecule has 0 aliphatic carbocycles. The van der Waals surface area contributed by atoms with Crippen molar-refractivity contribution in [1.82, 2.24) is 9.38 Å². The van der Waals surface area contributed by atoms with Gasteiger partial charge in [0.1, 0.15) is 5.82 Å². The molecule has 0 saturated carbocycles. The van der Waals surface area contributed by atoms with Crippen LogP contribution in [0.5, 0.6) is 0 Å². The topological polar surface area (TPSA) is 54.6 Å². The first-order valence-corrected chi connectivity index (χ1v) is 6.39. The molecule has 2 heterocycles. The standard InChI is InChI=1S/C16H14N2O2/c1-11-17-10-15-14(9-12-5-3-2-4-6-12)13(16(19)20)7-8-18(11)15/h2-8,10H,9H2,1H3,(H,19,20). The number of aromatic carboxylic acids is 1. The average molecular weight is 266 g/mol. The molecule has 0 amide bonds. The van der Waals surface area contributed by atoms with Crippen LogP contribution in [0.25, 0.3) is 5.52 Å². The lowest BCUT2D eigenvalue weighted by Gasteiger charge is -2.09. The number of carboxylic acids is 1. The van der Waals surface area contributed by atoms with E-state index in [0.29, 0.717) is 12.0 Å². The lowest BCUT2D eigenvalue weighted by atomic mass is 10.00. The predicted molar refractivity (Wildman–Crippen MR) is 76.1 cm³/mol. The molecule has 3 aromatic rings. The van der Waals surface area contributed by atoms with Crippen molar-refractivity contribution in [3.8, 4) is 0 Å². The summed E-state index contributed by atoms with van der Waals surface area (Å²) < 4.78 is 1.92. The second-order valence-electron chi connectivity index (χ2n) is 4.74. The Morgan fingerprint density at radius 1 is 1.25 bits per heavy atom. The molecule has 0 bridgehead atoms. The number of fused-ring (bicyclic) bond motifs is 1. The van der Waals surface area contributed by atoms with E-state index in [1.54, 1.807) is 18.5 Å². The van der Waals surface area contributed by atoms with Crippen molar-refractivity contribution >= 4 is 11.5 Å². The minimum atomic E-state index is -0.905. The molecular formula is C16H14N2O2. The van der Waals surface area contributed by atoms with Gasteiger partial charge in [-0.2, -0.15) is 0 Å². The van der Waals surface area contributed by atoms with Crippen molar-refractivity contribution in [3.63, 3.8) is 0 Å². The number of imidazole rings is 1. The van der Waals surface area contributed by atoms with E-state index in [0.717, 1.165) is 22.5 Å². The first-order chi connectivity index (χ1) is 9.66. The third-order valence-electron chi connectivity index (χ3n) is 3.46. The Morgan fingerprint density at radius 3 is 2.70 bits per heavy atom. The number of aryl methyl sites for hydroxylation is 1. The lowest BCUT2D eigenvalue weighted by molar-refractivity contribution is 0.0696. The molecule has 100 valence electrons. The molecule has 0 unspecified atom stereocenters. The smallest absolute Gasteiger partial charge is 0.336 e. The largest absolute Gasteiger partial charge is 0.478 e. The van der Waals surface area contributed by atoms with E-state index in [-0.39, 0.29) is 0 Å².